The normalized spacial score (nSPS) is 10.3. The minimum Gasteiger partial charge on any atom is -0.496 e. The summed E-state index contributed by atoms with van der Waals surface area (Å²) in [6.45, 7) is 1.56. The third-order valence-corrected chi connectivity index (χ3v) is 3.83. The molecule has 0 fully saturated rings. The molecule has 0 aromatic heterocycles. The molecule has 0 saturated carbocycles. The number of ketones is 1. The SMILES string of the molecule is CCOc1c(Cl)cc(C(=O)OCC(=O)c2cc(F)ccc2OC)cc1OC. The van der Waals surface area contributed by atoms with Gasteiger partial charge in [0.1, 0.15) is 11.6 Å². The summed E-state index contributed by atoms with van der Waals surface area (Å²) in [7, 11) is 2.76. The molecule has 0 radical (unpaired) electrons. The molecule has 0 aliphatic heterocycles. The molecule has 0 aliphatic rings. The maximum Gasteiger partial charge on any atom is 0.338 e. The standard InChI is InChI=1S/C19H18ClFO6/c1-4-26-18-14(20)7-11(8-17(18)25-3)19(23)27-10-15(22)13-9-12(21)5-6-16(13)24-2/h5-9H,4,10H2,1-3H3. The number of methoxy groups -OCH3 is 2. The Balaban J connectivity index is 2.15. The van der Waals surface area contributed by atoms with Crippen LogP contribution in [0.3, 0.4) is 0 Å². The first kappa shape index (κ1) is 20.5. The van der Waals surface area contributed by atoms with E-state index in [1.807, 2.05) is 0 Å². The second-order valence-electron chi connectivity index (χ2n) is 5.27. The van der Waals surface area contributed by atoms with Crippen LogP contribution in [0.2, 0.25) is 5.02 Å². The molecule has 6 nitrogen and oxygen atoms in total. The van der Waals surface area contributed by atoms with Gasteiger partial charge in [-0.25, -0.2) is 9.18 Å². The number of Topliss-reactive ketones (excluding diaryl/α,β-unsaturated/α-hetero) is 1. The van der Waals surface area contributed by atoms with Crippen molar-refractivity contribution < 1.29 is 32.9 Å². The maximum absolute atomic E-state index is 13.4. The highest BCUT2D eigenvalue weighted by atomic mass is 35.5. The highest BCUT2D eigenvalue weighted by molar-refractivity contribution is 6.32. The quantitative estimate of drug-likeness (QED) is 0.497. The number of benzene rings is 2. The lowest BCUT2D eigenvalue weighted by Crippen LogP contribution is -2.15. The predicted octanol–water partition coefficient (Wildman–Crippen LogP) is 3.93. The molecule has 0 N–H and O–H groups in total. The molecule has 27 heavy (non-hydrogen) atoms. The van der Waals surface area contributed by atoms with E-state index in [2.05, 4.69) is 0 Å². The fourth-order valence-corrected chi connectivity index (χ4v) is 2.58. The van der Waals surface area contributed by atoms with Crippen molar-refractivity contribution in [1.29, 1.82) is 0 Å². The van der Waals surface area contributed by atoms with Gasteiger partial charge in [0.15, 0.2) is 18.1 Å². The van der Waals surface area contributed by atoms with E-state index in [1.54, 1.807) is 6.92 Å². The van der Waals surface area contributed by atoms with E-state index in [0.29, 0.717) is 12.4 Å². The van der Waals surface area contributed by atoms with Crippen LogP contribution in [0.5, 0.6) is 17.2 Å². The van der Waals surface area contributed by atoms with Crippen molar-refractivity contribution in [2.45, 2.75) is 6.92 Å². The lowest BCUT2D eigenvalue weighted by Gasteiger charge is -2.13. The van der Waals surface area contributed by atoms with Crippen LogP contribution in [-0.2, 0) is 4.74 Å². The zero-order chi connectivity index (χ0) is 20.0. The lowest BCUT2D eigenvalue weighted by molar-refractivity contribution is 0.0473. The average Bonchev–Trinajstić information content (AvgIpc) is 2.67. The number of hydrogen-bond acceptors (Lipinski definition) is 6. The number of halogens is 2. The van der Waals surface area contributed by atoms with Crippen LogP contribution in [0.15, 0.2) is 30.3 Å². The molecule has 0 saturated heterocycles. The van der Waals surface area contributed by atoms with Gasteiger partial charge in [-0.3, -0.25) is 4.79 Å². The Morgan fingerprint density at radius 1 is 1.07 bits per heavy atom. The fourth-order valence-electron chi connectivity index (χ4n) is 2.31. The molecule has 0 amide bonds. The van der Waals surface area contributed by atoms with Crippen molar-refractivity contribution in [2.75, 3.05) is 27.4 Å². The van der Waals surface area contributed by atoms with Gasteiger partial charge < -0.3 is 18.9 Å². The van der Waals surface area contributed by atoms with Crippen LogP contribution >= 0.6 is 11.6 Å². The first-order valence-electron chi connectivity index (χ1n) is 7.95. The molecule has 2 rings (SSSR count). The largest absolute Gasteiger partial charge is 0.496 e. The Kier molecular flexibility index (Phi) is 7.01. The summed E-state index contributed by atoms with van der Waals surface area (Å²) in [4.78, 5) is 24.5. The second-order valence-corrected chi connectivity index (χ2v) is 5.67. The summed E-state index contributed by atoms with van der Waals surface area (Å²) in [5.41, 5.74) is 0.0620. The monoisotopic (exact) mass is 396 g/mol. The number of ether oxygens (including phenoxy) is 4. The van der Waals surface area contributed by atoms with Crippen LogP contribution in [-0.4, -0.2) is 39.2 Å². The minimum absolute atomic E-state index is 0.0207. The molecule has 0 unspecified atom stereocenters. The summed E-state index contributed by atoms with van der Waals surface area (Å²) in [5, 5.41) is 0.168. The summed E-state index contributed by atoms with van der Waals surface area (Å²) >= 11 is 6.11. The lowest BCUT2D eigenvalue weighted by atomic mass is 10.1. The van der Waals surface area contributed by atoms with Crippen molar-refractivity contribution in [2.24, 2.45) is 0 Å². The van der Waals surface area contributed by atoms with Gasteiger partial charge in [-0.15, -0.1) is 0 Å². The highest BCUT2D eigenvalue weighted by Crippen LogP contribution is 2.36. The van der Waals surface area contributed by atoms with Crippen LogP contribution in [0.25, 0.3) is 0 Å². The number of esters is 1. The van der Waals surface area contributed by atoms with E-state index in [9.17, 15) is 14.0 Å². The van der Waals surface area contributed by atoms with Crippen molar-refractivity contribution >= 4 is 23.4 Å². The Labute approximate surface area is 160 Å². The first-order chi connectivity index (χ1) is 12.9. The summed E-state index contributed by atoms with van der Waals surface area (Å²) < 4.78 is 34.0. The zero-order valence-corrected chi connectivity index (χ0v) is 15.8. The average molecular weight is 397 g/mol. The molecule has 8 heteroatoms. The number of rotatable bonds is 8. The van der Waals surface area contributed by atoms with Crippen molar-refractivity contribution in [3.8, 4) is 17.2 Å². The van der Waals surface area contributed by atoms with E-state index < -0.39 is 24.2 Å². The highest BCUT2D eigenvalue weighted by Gasteiger charge is 2.19. The molecule has 144 valence electrons. The Hall–Kier alpha value is -2.80. The van der Waals surface area contributed by atoms with Gasteiger partial charge in [-0.1, -0.05) is 11.6 Å². The Morgan fingerprint density at radius 2 is 1.78 bits per heavy atom. The maximum atomic E-state index is 13.4. The Bertz CT molecular complexity index is 852. The van der Waals surface area contributed by atoms with Crippen molar-refractivity contribution in [3.05, 3.63) is 52.3 Å². The molecular weight excluding hydrogens is 379 g/mol. The third-order valence-electron chi connectivity index (χ3n) is 3.55. The molecule has 0 heterocycles. The van der Waals surface area contributed by atoms with Crippen LogP contribution in [0.1, 0.15) is 27.6 Å². The second kappa shape index (κ2) is 9.23. The van der Waals surface area contributed by atoms with Crippen LogP contribution in [0, 0.1) is 5.82 Å². The van der Waals surface area contributed by atoms with Gasteiger partial charge in [0.2, 0.25) is 5.78 Å². The molecular formula is C19H18ClFO6. The van der Waals surface area contributed by atoms with Gasteiger partial charge in [0.05, 0.1) is 37.0 Å². The molecule has 0 spiro atoms. The van der Waals surface area contributed by atoms with E-state index in [1.165, 1.54) is 32.4 Å². The Morgan fingerprint density at radius 3 is 2.41 bits per heavy atom. The van der Waals surface area contributed by atoms with Gasteiger partial charge in [-0.2, -0.15) is 0 Å². The van der Waals surface area contributed by atoms with Gasteiger partial charge in [0.25, 0.3) is 0 Å². The number of carbonyl (C=O) groups is 2. The fraction of sp³-hybridized carbons (Fsp3) is 0.263. The van der Waals surface area contributed by atoms with Crippen LogP contribution in [0.4, 0.5) is 4.39 Å². The van der Waals surface area contributed by atoms with Gasteiger partial charge in [0, 0.05) is 0 Å². The van der Waals surface area contributed by atoms with E-state index in [-0.39, 0.29) is 27.6 Å². The van der Waals surface area contributed by atoms with E-state index in [4.69, 9.17) is 30.5 Å². The number of carbonyl (C=O) groups excluding carboxylic acids is 2. The summed E-state index contributed by atoms with van der Waals surface area (Å²) in [6.07, 6.45) is 0. The smallest absolute Gasteiger partial charge is 0.338 e. The third kappa shape index (κ3) is 4.89. The van der Waals surface area contributed by atoms with E-state index >= 15 is 0 Å². The topological polar surface area (TPSA) is 71.1 Å². The molecule has 2 aromatic rings. The van der Waals surface area contributed by atoms with Gasteiger partial charge >= 0.3 is 5.97 Å². The van der Waals surface area contributed by atoms with Crippen LogP contribution < -0.4 is 14.2 Å². The van der Waals surface area contributed by atoms with Crippen molar-refractivity contribution in [1.82, 2.24) is 0 Å². The molecule has 0 aliphatic carbocycles. The number of hydrogen-bond donors (Lipinski definition) is 0. The first-order valence-corrected chi connectivity index (χ1v) is 8.33. The van der Waals surface area contributed by atoms with E-state index in [0.717, 1.165) is 12.1 Å². The molecule has 2 aromatic carbocycles. The molecule has 0 bridgehead atoms. The minimum atomic E-state index is -0.790. The zero-order valence-electron chi connectivity index (χ0n) is 15.0. The van der Waals surface area contributed by atoms with Gasteiger partial charge in [-0.05, 0) is 37.3 Å². The predicted molar refractivity (Wildman–Crippen MR) is 96.7 cm³/mol. The molecule has 0 atom stereocenters. The summed E-state index contributed by atoms with van der Waals surface area (Å²) in [6, 6.07) is 6.25. The van der Waals surface area contributed by atoms with Crippen molar-refractivity contribution in [3.63, 3.8) is 0 Å². The summed E-state index contributed by atoms with van der Waals surface area (Å²) in [5.74, 6) is -1.25.